The Morgan fingerprint density at radius 1 is 1.19 bits per heavy atom. The van der Waals surface area contributed by atoms with Gasteiger partial charge in [0.2, 0.25) is 10.0 Å². The van der Waals surface area contributed by atoms with E-state index in [1.165, 1.54) is 0 Å². The van der Waals surface area contributed by atoms with Crippen molar-refractivity contribution in [1.29, 1.82) is 0 Å². The summed E-state index contributed by atoms with van der Waals surface area (Å²) in [4.78, 5) is 0.306. The van der Waals surface area contributed by atoms with E-state index in [1.54, 1.807) is 30.3 Å². The maximum Gasteiger partial charge on any atom is 0.240 e. The Kier molecular flexibility index (Phi) is 5.37. The Morgan fingerprint density at radius 2 is 1.86 bits per heavy atom. The summed E-state index contributed by atoms with van der Waals surface area (Å²) in [5.41, 5.74) is 6.18. The molecule has 5 nitrogen and oxygen atoms in total. The molecule has 3 atom stereocenters. The normalized spacial score (nSPS) is 27.0. The van der Waals surface area contributed by atoms with Crippen molar-refractivity contribution >= 4 is 10.0 Å². The minimum Gasteiger partial charge on any atom is -0.326 e. The molecule has 0 amide bonds. The number of hydrogen-bond acceptors (Lipinski definition) is 4. The molecule has 1 aliphatic rings. The van der Waals surface area contributed by atoms with Crippen molar-refractivity contribution in [2.45, 2.75) is 62.2 Å². The lowest BCUT2D eigenvalue weighted by atomic mass is 9.87. The maximum atomic E-state index is 12.3. The average Bonchev–Trinajstić information content (AvgIpc) is 2.42. The first-order valence-electron chi connectivity index (χ1n) is 7.47. The molecule has 1 aromatic rings. The molecule has 2 rings (SSSR count). The zero-order valence-corrected chi connectivity index (χ0v) is 13.4. The van der Waals surface area contributed by atoms with Crippen LogP contribution in [0.15, 0.2) is 35.2 Å². The number of benzene rings is 1. The number of rotatable bonds is 5. The third-order valence-corrected chi connectivity index (χ3v) is 5.36. The average molecular weight is 311 g/mol. The number of nitrogens with two attached hydrogens (primary N) is 1. The van der Waals surface area contributed by atoms with Crippen LogP contribution >= 0.6 is 0 Å². The smallest absolute Gasteiger partial charge is 0.240 e. The minimum atomic E-state index is -3.45. The second-order valence-corrected chi connectivity index (χ2v) is 7.75. The van der Waals surface area contributed by atoms with E-state index < -0.39 is 10.0 Å². The predicted octanol–water partition coefficient (Wildman–Crippen LogP) is 1.21. The van der Waals surface area contributed by atoms with Gasteiger partial charge in [0.05, 0.1) is 4.90 Å². The van der Waals surface area contributed by atoms with E-state index >= 15 is 0 Å². The molecule has 21 heavy (non-hydrogen) atoms. The third kappa shape index (κ3) is 4.51. The molecule has 1 aromatic carbocycles. The molecule has 0 bridgehead atoms. The lowest BCUT2D eigenvalue weighted by molar-refractivity contribution is 0.278. The zero-order chi connectivity index (χ0) is 15.5. The molecule has 1 saturated carbocycles. The van der Waals surface area contributed by atoms with Crippen molar-refractivity contribution in [1.82, 2.24) is 10.0 Å². The molecular formula is C15H25N3O2S. The minimum absolute atomic E-state index is 0.0235. The van der Waals surface area contributed by atoms with Gasteiger partial charge in [0.1, 0.15) is 0 Å². The molecule has 4 N–H and O–H groups in total. The molecule has 0 saturated heterocycles. The molecule has 1 aliphatic carbocycles. The Labute approximate surface area is 127 Å². The van der Waals surface area contributed by atoms with E-state index in [-0.39, 0.29) is 18.1 Å². The second kappa shape index (κ2) is 6.87. The summed E-state index contributed by atoms with van der Waals surface area (Å²) in [6, 6.07) is 9.01. The summed E-state index contributed by atoms with van der Waals surface area (Å²) in [6.07, 6.45) is 2.36. The molecule has 0 aromatic heterocycles. The first kappa shape index (κ1) is 16.4. The first-order chi connectivity index (χ1) is 9.88. The molecule has 1 fully saturated rings. The summed E-state index contributed by atoms with van der Waals surface area (Å²) in [7, 11) is -3.45. The fourth-order valence-electron chi connectivity index (χ4n) is 2.83. The maximum absolute atomic E-state index is 12.3. The molecule has 0 radical (unpaired) electrons. The quantitative estimate of drug-likeness (QED) is 0.763. The van der Waals surface area contributed by atoms with Crippen LogP contribution < -0.4 is 15.8 Å². The van der Waals surface area contributed by atoms with Gasteiger partial charge in [-0.1, -0.05) is 32.0 Å². The molecular weight excluding hydrogens is 286 g/mol. The van der Waals surface area contributed by atoms with Crippen molar-refractivity contribution in [3.05, 3.63) is 30.3 Å². The van der Waals surface area contributed by atoms with Gasteiger partial charge < -0.3 is 11.1 Å². The van der Waals surface area contributed by atoms with Gasteiger partial charge in [0.25, 0.3) is 0 Å². The molecule has 0 heterocycles. The lowest BCUT2D eigenvalue weighted by Gasteiger charge is -2.35. The zero-order valence-electron chi connectivity index (χ0n) is 12.6. The molecule has 3 unspecified atom stereocenters. The second-order valence-electron chi connectivity index (χ2n) is 6.04. The largest absolute Gasteiger partial charge is 0.326 e. The van der Waals surface area contributed by atoms with Gasteiger partial charge in [-0.05, 0) is 31.4 Å². The molecule has 0 spiro atoms. The highest BCUT2D eigenvalue weighted by atomic mass is 32.2. The summed E-state index contributed by atoms with van der Waals surface area (Å²) >= 11 is 0. The summed E-state index contributed by atoms with van der Waals surface area (Å²) in [5.74, 6) is 0. The SMILES string of the molecule is CC(C)NC1CCC(NS(=O)(=O)c2ccccc2)CC1N. The number of hydrogen-bond donors (Lipinski definition) is 3. The van der Waals surface area contributed by atoms with Crippen molar-refractivity contribution in [3.63, 3.8) is 0 Å². The van der Waals surface area contributed by atoms with Crippen LogP contribution in [0.1, 0.15) is 33.1 Å². The number of sulfonamides is 1. The van der Waals surface area contributed by atoms with Crippen LogP contribution in [0.4, 0.5) is 0 Å². The van der Waals surface area contributed by atoms with Gasteiger partial charge in [0, 0.05) is 24.2 Å². The topological polar surface area (TPSA) is 84.2 Å². The first-order valence-corrected chi connectivity index (χ1v) is 8.96. The van der Waals surface area contributed by atoms with E-state index in [4.69, 9.17) is 5.73 Å². The monoisotopic (exact) mass is 311 g/mol. The van der Waals surface area contributed by atoms with Gasteiger partial charge in [-0.15, -0.1) is 0 Å². The van der Waals surface area contributed by atoms with Crippen molar-refractivity contribution < 1.29 is 8.42 Å². The fourth-order valence-corrected chi connectivity index (χ4v) is 4.14. The summed E-state index contributed by atoms with van der Waals surface area (Å²) in [6.45, 7) is 4.19. The van der Waals surface area contributed by atoms with Crippen LogP contribution in [0, 0.1) is 0 Å². The predicted molar refractivity (Wildman–Crippen MR) is 84.4 cm³/mol. The van der Waals surface area contributed by atoms with Crippen molar-refractivity contribution in [2.24, 2.45) is 5.73 Å². The van der Waals surface area contributed by atoms with Crippen LogP contribution in [-0.2, 0) is 10.0 Å². The lowest BCUT2D eigenvalue weighted by Crippen LogP contribution is -2.54. The summed E-state index contributed by atoms with van der Waals surface area (Å²) < 4.78 is 27.4. The van der Waals surface area contributed by atoms with Crippen molar-refractivity contribution in [2.75, 3.05) is 0 Å². The van der Waals surface area contributed by atoms with E-state index in [1.807, 2.05) is 0 Å². The van der Waals surface area contributed by atoms with Gasteiger partial charge >= 0.3 is 0 Å². The van der Waals surface area contributed by atoms with E-state index in [9.17, 15) is 8.42 Å². The Morgan fingerprint density at radius 3 is 2.43 bits per heavy atom. The highest BCUT2D eigenvalue weighted by Crippen LogP contribution is 2.20. The Balaban J connectivity index is 1.96. The standard InChI is InChI=1S/C15H25N3O2S/c1-11(2)17-15-9-8-12(10-14(15)16)18-21(19,20)13-6-4-3-5-7-13/h3-7,11-12,14-15,17-18H,8-10,16H2,1-2H3. The fraction of sp³-hybridized carbons (Fsp3) is 0.600. The summed E-state index contributed by atoms with van der Waals surface area (Å²) in [5, 5.41) is 3.44. The van der Waals surface area contributed by atoms with E-state index in [0.717, 1.165) is 12.8 Å². The van der Waals surface area contributed by atoms with Gasteiger partial charge in [-0.3, -0.25) is 0 Å². The van der Waals surface area contributed by atoms with Crippen LogP contribution in [-0.4, -0.2) is 32.6 Å². The van der Waals surface area contributed by atoms with Crippen LogP contribution in [0.5, 0.6) is 0 Å². The molecule has 6 heteroatoms. The van der Waals surface area contributed by atoms with Gasteiger partial charge in [-0.2, -0.15) is 0 Å². The van der Waals surface area contributed by atoms with Crippen LogP contribution in [0.2, 0.25) is 0 Å². The van der Waals surface area contributed by atoms with E-state index in [2.05, 4.69) is 23.9 Å². The highest BCUT2D eigenvalue weighted by Gasteiger charge is 2.30. The van der Waals surface area contributed by atoms with Crippen molar-refractivity contribution in [3.8, 4) is 0 Å². The Bertz CT molecular complexity index is 545. The molecule has 118 valence electrons. The van der Waals surface area contributed by atoms with Gasteiger partial charge in [0.15, 0.2) is 0 Å². The van der Waals surface area contributed by atoms with Gasteiger partial charge in [-0.25, -0.2) is 13.1 Å². The van der Waals surface area contributed by atoms with Crippen LogP contribution in [0.25, 0.3) is 0 Å². The van der Waals surface area contributed by atoms with E-state index in [0.29, 0.717) is 17.4 Å². The Hall–Kier alpha value is -0.950. The van der Waals surface area contributed by atoms with Crippen LogP contribution in [0.3, 0.4) is 0 Å². The number of nitrogens with one attached hydrogen (secondary N) is 2. The third-order valence-electron chi connectivity index (χ3n) is 3.82. The molecule has 0 aliphatic heterocycles. The highest BCUT2D eigenvalue weighted by molar-refractivity contribution is 7.89.